The Morgan fingerprint density at radius 2 is 1.77 bits per heavy atom. The highest BCUT2D eigenvalue weighted by Crippen LogP contribution is 2.24. The van der Waals surface area contributed by atoms with Gasteiger partial charge >= 0.3 is 0 Å². The lowest BCUT2D eigenvalue weighted by Gasteiger charge is -2.16. The molecule has 0 fully saturated rings. The monoisotopic (exact) mass is 381 g/mol. The number of amides is 3. The first kappa shape index (κ1) is 22.1. The summed E-state index contributed by atoms with van der Waals surface area (Å²) in [5, 5.41) is 2.91. The summed E-state index contributed by atoms with van der Waals surface area (Å²) < 4.78 is 0. The predicted molar refractivity (Wildman–Crippen MR) is 104 cm³/mol. The molecular formula is C19H28ClN3O3. The van der Waals surface area contributed by atoms with Crippen molar-refractivity contribution in [2.75, 3.05) is 13.1 Å². The number of fused-ring (bicyclic) bond motifs is 1. The number of benzene rings is 1. The van der Waals surface area contributed by atoms with Crippen molar-refractivity contribution in [1.29, 1.82) is 0 Å². The summed E-state index contributed by atoms with van der Waals surface area (Å²) in [6, 6.07) is 4.60. The summed E-state index contributed by atoms with van der Waals surface area (Å²) in [5.74, 6) is -0.853. The van der Waals surface area contributed by atoms with Crippen LogP contribution in [0, 0.1) is 0 Å². The number of carbonyl (C=O) groups is 3. The van der Waals surface area contributed by atoms with Gasteiger partial charge in [0, 0.05) is 24.7 Å². The maximum atomic E-state index is 12.5. The Balaban J connectivity index is 0.00000338. The van der Waals surface area contributed by atoms with Crippen LogP contribution in [0.4, 0.5) is 0 Å². The second-order valence-electron chi connectivity index (χ2n) is 6.42. The van der Waals surface area contributed by atoms with Crippen LogP contribution in [0.1, 0.15) is 77.0 Å². The molecule has 144 valence electrons. The number of nitrogens with zero attached hydrogens (tertiary/aromatic N) is 1. The molecule has 3 N–H and O–H groups in total. The summed E-state index contributed by atoms with van der Waals surface area (Å²) in [6.07, 6.45) is 4.53. The third kappa shape index (κ3) is 4.83. The van der Waals surface area contributed by atoms with Gasteiger partial charge in [-0.15, -0.1) is 12.4 Å². The molecule has 1 aliphatic heterocycles. The first-order valence-electron chi connectivity index (χ1n) is 9.04. The van der Waals surface area contributed by atoms with E-state index in [1.54, 1.807) is 12.1 Å². The Bertz CT molecular complexity index is 663. The largest absolute Gasteiger partial charge is 0.348 e. The van der Waals surface area contributed by atoms with Gasteiger partial charge in [-0.25, -0.2) is 0 Å². The number of nitrogens with two attached hydrogens (primary N) is 1. The van der Waals surface area contributed by atoms with Crippen molar-refractivity contribution in [3.8, 4) is 0 Å². The van der Waals surface area contributed by atoms with Crippen LogP contribution in [-0.4, -0.2) is 41.8 Å². The minimum absolute atomic E-state index is 0. The molecule has 0 saturated heterocycles. The van der Waals surface area contributed by atoms with E-state index in [-0.39, 0.29) is 36.2 Å². The quantitative estimate of drug-likeness (QED) is 0.643. The van der Waals surface area contributed by atoms with Crippen molar-refractivity contribution in [2.45, 2.75) is 52.0 Å². The maximum absolute atomic E-state index is 12.5. The van der Waals surface area contributed by atoms with Crippen molar-refractivity contribution in [3.05, 3.63) is 34.9 Å². The molecule has 1 atom stereocenters. The smallest absolute Gasteiger partial charge is 0.261 e. The van der Waals surface area contributed by atoms with Gasteiger partial charge in [-0.1, -0.05) is 33.1 Å². The molecule has 2 rings (SSSR count). The standard InChI is InChI=1S/C19H27N3O3.ClH/c1-3-5-7-14(12-20)21-17(23)13-8-9-15-16(11-13)19(25)22(18(15)24)10-6-4-2;/h8-9,11,14H,3-7,10,12,20H2,1-2H3,(H,21,23);1H. The van der Waals surface area contributed by atoms with Gasteiger partial charge in [-0.3, -0.25) is 19.3 Å². The number of rotatable bonds is 9. The molecule has 26 heavy (non-hydrogen) atoms. The molecule has 3 amide bonds. The first-order chi connectivity index (χ1) is 12.0. The van der Waals surface area contributed by atoms with Crippen LogP contribution in [0.2, 0.25) is 0 Å². The van der Waals surface area contributed by atoms with Crippen LogP contribution >= 0.6 is 12.4 Å². The molecule has 1 unspecified atom stereocenters. The topological polar surface area (TPSA) is 92.5 Å². The fourth-order valence-corrected chi connectivity index (χ4v) is 2.92. The zero-order valence-corrected chi connectivity index (χ0v) is 16.2. The van der Waals surface area contributed by atoms with Crippen molar-refractivity contribution in [3.63, 3.8) is 0 Å². The SMILES string of the molecule is CCCCC(CN)NC(=O)c1ccc2c(c1)C(=O)N(CCCC)C2=O.Cl. The van der Waals surface area contributed by atoms with E-state index in [2.05, 4.69) is 12.2 Å². The van der Waals surface area contributed by atoms with Crippen molar-refractivity contribution < 1.29 is 14.4 Å². The van der Waals surface area contributed by atoms with E-state index < -0.39 is 0 Å². The molecule has 0 saturated carbocycles. The van der Waals surface area contributed by atoms with E-state index in [0.717, 1.165) is 32.1 Å². The van der Waals surface area contributed by atoms with Crippen molar-refractivity contribution in [2.24, 2.45) is 5.73 Å². The van der Waals surface area contributed by atoms with Crippen LogP contribution in [0.5, 0.6) is 0 Å². The van der Waals surface area contributed by atoms with Crippen LogP contribution in [-0.2, 0) is 0 Å². The van der Waals surface area contributed by atoms with Gasteiger partial charge in [-0.05, 0) is 31.0 Å². The predicted octanol–water partition coefficient (Wildman–Crippen LogP) is 2.75. The number of hydrogen-bond donors (Lipinski definition) is 2. The highest BCUT2D eigenvalue weighted by atomic mass is 35.5. The third-order valence-corrected chi connectivity index (χ3v) is 4.49. The van der Waals surface area contributed by atoms with Crippen molar-refractivity contribution >= 4 is 30.1 Å². The molecule has 0 aliphatic carbocycles. The number of halogens is 1. The summed E-state index contributed by atoms with van der Waals surface area (Å²) in [5.41, 5.74) is 6.78. The molecular weight excluding hydrogens is 354 g/mol. The normalized spacial score (nSPS) is 14.0. The Morgan fingerprint density at radius 1 is 1.12 bits per heavy atom. The highest BCUT2D eigenvalue weighted by Gasteiger charge is 2.35. The van der Waals surface area contributed by atoms with Gasteiger partial charge in [0.2, 0.25) is 0 Å². The van der Waals surface area contributed by atoms with Crippen LogP contribution in [0.25, 0.3) is 0 Å². The van der Waals surface area contributed by atoms with Crippen LogP contribution in [0.3, 0.4) is 0 Å². The van der Waals surface area contributed by atoms with Gasteiger partial charge in [0.05, 0.1) is 11.1 Å². The minimum Gasteiger partial charge on any atom is -0.348 e. The molecule has 0 aromatic heterocycles. The average molecular weight is 382 g/mol. The minimum atomic E-state index is -0.315. The fourth-order valence-electron chi connectivity index (χ4n) is 2.92. The number of hydrogen-bond acceptors (Lipinski definition) is 4. The van der Waals surface area contributed by atoms with Gasteiger partial charge < -0.3 is 11.1 Å². The zero-order chi connectivity index (χ0) is 18.4. The lowest BCUT2D eigenvalue weighted by Crippen LogP contribution is -2.40. The van der Waals surface area contributed by atoms with Gasteiger partial charge in [0.1, 0.15) is 0 Å². The van der Waals surface area contributed by atoms with Crippen LogP contribution in [0.15, 0.2) is 18.2 Å². The first-order valence-corrected chi connectivity index (χ1v) is 9.04. The summed E-state index contributed by atoms with van der Waals surface area (Å²) in [4.78, 5) is 38.5. The van der Waals surface area contributed by atoms with Gasteiger partial charge in [0.25, 0.3) is 17.7 Å². The number of unbranched alkanes of at least 4 members (excludes halogenated alkanes) is 2. The van der Waals surface area contributed by atoms with Gasteiger partial charge in [0.15, 0.2) is 0 Å². The molecule has 7 heteroatoms. The Morgan fingerprint density at radius 3 is 2.38 bits per heavy atom. The van der Waals surface area contributed by atoms with Gasteiger partial charge in [-0.2, -0.15) is 0 Å². The highest BCUT2D eigenvalue weighted by molar-refractivity contribution is 6.22. The lowest BCUT2D eigenvalue weighted by molar-refractivity contribution is 0.0652. The molecule has 6 nitrogen and oxygen atoms in total. The van der Waals surface area contributed by atoms with E-state index in [1.165, 1.54) is 11.0 Å². The van der Waals surface area contributed by atoms with E-state index in [0.29, 0.717) is 29.8 Å². The van der Waals surface area contributed by atoms with E-state index in [9.17, 15) is 14.4 Å². The molecule has 0 spiro atoms. The zero-order valence-electron chi connectivity index (χ0n) is 15.4. The second kappa shape index (κ2) is 10.3. The van der Waals surface area contributed by atoms with E-state index in [1.807, 2.05) is 6.92 Å². The Kier molecular flexibility index (Phi) is 8.75. The Hall–Kier alpha value is -1.92. The van der Waals surface area contributed by atoms with E-state index >= 15 is 0 Å². The summed E-state index contributed by atoms with van der Waals surface area (Å²) in [7, 11) is 0. The third-order valence-electron chi connectivity index (χ3n) is 4.49. The maximum Gasteiger partial charge on any atom is 0.261 e. The second-order valence-corrected chi connectivity index (χ2v) is 6.42. The summed E-state index contributed by atoms with van der Waals surface area (Å²) in [6.45, 7) is 4.88. The molecule has 1 aliphatic rings. The summed E-state index contributed by atoms with van der Waals surface area (Å²) >= 11 is 0. The number of imide groups is 1. The molecule has 1 heterocycles. The Labute approximate surface area is 160 Å². The molecule has 1 aromatic carbocycles. The number of carbonyl (C=O) groups excluding carboxylic acids is 3. The van der Waals surface area contributed by atoms with E-state index in [4.69, 9.17) is 5.73 Å². The fraction of sp³-hybridized carbons (Fsp3) is 0.526. The molecule has 0 bridgehead atoms. The molecule has 0 radical (unpaired) electrons. The number of nitrogens with one attached hydrogen (secondary N) is 1. The molecule has 1 aromatic rings. The van der Waals surface area contributed by atoms with Crippen molar-refractivity contribution in [1.82, 2.24) is 10.2 Å². The average Bonchev–Trinajstić information content (AvgIpc) is 2.86. The lowest BCUT2D eigenvalue weighted by atomic mass is 10.0. The van der Waals surface area contributed by atoms with Crippen LogP contribution < -0.4 is 11.1 Å².